The van der Waals surface area contributed by atoms with Crippen LogP contribution < -0.4 is 16.0 Å². The maximum absolute atomic E-state index is 12.8. The molecule has 0 aromatic heterocycles. The minimum atomic E-state index is -0.430. The summed E-state index contributed by atoms with van der Waals surface area (Å²) in [7, 11) is -0.430. The first-order valence-electron chi connectivity index (χ1n) is 12.0. The van der Waals surface area contributed by atoms with Gasteiger partial charge < -0.3 is 25.3 Å². The van der Waals surface area contributed by atoms with Crippen LogP contribution in [0.4, 0.5) is 4.79 Å². The summed E-state index contributed by atoms with van der Waals surface area (Å²) < 4.78 is 13.2. The van der Waals surface area contributed by atoms with E-state index in [1.165, 1.54) is 18.4 Å². The zero-order chi connectivity index (χ0) is 21.6. The van der Waals surface area contributed by atoms with Gasteiger partial charge in [0.05, 0.1) is 17.6 Å². The van der Waals surface area contributed by atoms with Gasteiger partial charge in [-0.05, 0) is 68.4 Å². The molecule has 2 heterocycles. The zero-order valence-electron chi connectivity index (χ0n) is 19.0. The molecule has 1 aromatic carbocycles. The number of carbonyl (C=O) groups excluding carboxylic acids is 1. The molecular formula is C24H42BN3O3. The molecule has 0 radical (unpaired) electrons. The minimum Gasteiger partial charge on any atom is -0.404 e. The molecule has 6 nitrogen and oxygen atoms in total. The predicted molar refractivity (Wildman–Crippen MR) is 128 cm³/mol. The van der Waals surface area contributed by atoms with E-state index < -0.39 is 7.12 Å². The highest BCUT2D eigenvalue weighted by Crippen LogP contribution is 2.65. The third-order valence-electron chi connectivity index (χ3n) is 8.58. The van der Waals surface area contributed by atoms with Gasteiger partial charge in [0.2, 0.25) is 0 Å². The third kappa shape index (κ3) is 3.89. The van der Waals surface area contributed by atoms with Crippen LogP contribution in [0.5, 0.6) is 0 Å². The molecule has 3 saturated carbocycles. The van der Waals surface area contributed by atoms with E-state index in [9.17, 15) is 4.79 Å². The molecule has 2 unspecified atom stereocenters. The lowest BCUT2D eigenvalue weighted by Crippen LogP contribution is -2.65. The Morgan fingerprint density at radius 1 is 1.29 bits per heavy atom. The van der Waals surface area contributed by atoms with E-state index in [2.05, 4.69) is 48.9 Å². The SMILES string of the molecule is CC1(C)C2CC1[C@]1(C)OB([C@H](Cc3ccccc3)NC(=O)NC[C@H]3CCCN3)O[C@@H]1C2.[HH].[HH].[HH]. The maximum atomic E-state index is 12.8. The monoisotopic (exact) mass is 431 g/mol. The Hall–Kier alpha value is -1.57. The molecule has 3 aliphatic carbocycles. The van der Waals surface area contributed by atoms with Crippen molar-refractivity contribution in [2.45, 2.75) is 76.6 Å². The molecule has 2 aliphatic heterocycles. The van der Waals surface area contributed by atoms with Crippen LogP contribution in [0.1, 0.15) is 56.3 Å². The van der Waals surface area contributed by atoms with Gasteiger partial charge in [0.15, 0.2) is 0 Å². The van der Waals surface area contributed by atoms with Crippen LogP contribution >= 0.6 is 0 Å². The highest BCUT2D eigenvalue weighted by atomic mass is 16.7. The topological polar surface area (TPSA) is 71.6 Å². The summed E-state index contributed by atoms with van der Waals surface area (Å²) in [5.41, 5.74) is 1.20. The van der Waals surface area contributed by atoms with Crippen molar-refractivity contribution in [3.63, 3.8) is 0 Å². The van der Waals surface area contributed by atoms with Gasteiger partial charge in [0, 0.05) is 16.9 Å². The number of rotatable bonds is 6. The summed E-state index contributed by atoms with van der Waals surface area (Å²) in [6, 6.07) is 10.5. The molecule has 5 fully saturated rings. The van der Waals surface area contributed by atoms with Gasteiger partial charge in [-0.15, -0.1) is 0 Å². The van der Waals surface area contributed by atoms with E-state index in [0.29, 0.717) is 36.3 Å². The molecule has 5 aliphatic rings. The van der Waals surface area contributed by atoms with Crippen LogP contribution in [0, 0.1) is 17.3 Å². The van der Waals surface area contributed by atoms with Gasteiger partial charge in [-0.1, -0.05) is 44.2 Å². The van der Waals surface area contributed by atoms with E-state index in [0.717, 1.165) is 19.4 Å². The molecule has 6 atom stereocenters. The van der Waals surface area contributed by atoms with Crippen molar-refractivity contribution in [2.24, 2.45) is 17.3 Å². The molecule has 2 amide bonds. The fourth-order valence-corrected chi connectivity index (χ4v) is 6.52. The Balaban J connectivity index is 0.00000136. The van der Waals surface area contributed by atoms with Crippen molar-refractivity contribution in [1.29, 1.82) is 0 Å². The summed E-state index contributed by atoms with van der Waals surface area (Å²) in [5.74, 6) is 0.982. The summed E-state index contributed by atoms with van der Waals surface area (Å²) in [5, 5.41) is 9.65. The predicted octanol–water partition coefficient (Wildman–Crippen LogP) is 3.65. The fraction of sp³-hybridized carbons (Fsp3) is 0.708. The van der Waals surface area contributed by atoms with E-state index in [1.807, 2.05) is 18.2 Å². The van der Waals surface area contributed by atoms with Crippen molar-refractivity contribution in [3.05, 3.63) is 35.9 Å². The first-order chi connectivity index (χ1) is 14.9. The van der Waals surface area contributed by atoms with Crippen molar-refractivity contribution in [1.82, 2.24) is 16.0 Å². The Morgan fingerprint density at radius 2 is 2.10 bits per heavy atom. The van der Waals surface area contributed by atoms with E-state index in [1.54, 1.807) is 0 Å². The molecule has 7 heteroatoms. The molecule has 174 valence electrons. The van der Waals surface area contributed by atoms with Crippen molar-refractivity contribution in [3.8, 4) is 0 Å². The largest absolute Gasteiger partial charge is 0.482 e. The number of hydrogen-bond donors (Lipinski definition) is 3. The number of urea groups is 1. The van der Waals surface area contributed by atoms with Crippen molar-refractivity contribution >= 4 is 13.1 Å². The second-order valence-corrected chi connectivity index (χ2v) is 10.8. The minimum absolute atomic E-state index is 0. The Morgan fingerprint density at radius 3 is 2.81 bits per heavy atom. The summed E-state index contributed by atoms with van der Waals surface area (Å²) >= 11 is 0. The molecule has 1 aromatic rings. The molecule has 2 bridgehead atoms. The average Bonchev–Trinajstić information content (AvgIpc) is 3.39. The van der Waals surface area contributed by atoms with Crippen molar-refractivity contribution in [2.75, 3.05) is 13.1 Å². The Kier molecular flexibility index (Phi) is 5.56. The lowest BCUT2D eigenvalue weighted by molar-refractivity contribution is -0.199. The first-order valence-corrected chi connectivity index (χ1v) is 12.0. The highest BCUT2D eigenvalue weighted by Gasteiger charge is 2.68. The molecular weight excluding hydrogens is 389 g/mol. The standard InChI is InChI=1S/C24H36BN3O3.3H2/c1-23(2)17-13-19(23)24(3)20(14-17)30-25(31-24)21(12-16-8-5-4-6-9-16)28-22(29)27-15-18-10-7-11-26-18;;;/h4-6,8-9,17-21,26H,7,10-15H2,1-3H3,(H2,27,28,29);3*1H/t17?,18-,19?,20-,21+,24+;;;/m1.../s1. The zero-order valence-corrected chi connectivity index (χ0v) is 19.0. The number of benzene rings is 1. The van der Waals surface area contributed by atoms with Gasteiger partial charge in [-0.3, -0.25) is 0 Å². The molecule has 2 saturated heterocycles. The third-order valence-corrected chi connectivity index (χ3v) is 8.58. The van der Waals surface area contributed by atoms with Crippen LogP contribution in [-0.2, 0) is 15.7 Å². The second-order valence-electron chi connectivity index (χ2n) is 10.8. The van der Waals surface area contributed by atoms with Crippen molar-refractivity contribution < 1.29 is 18.4 Å². The summed E-state index contributed by atoms with van der Waals surface area (Å²) in [4.78, 5) is 12.8. The quantitative estimate of drug-likeness (QED) is 0.602. The fourth-order valence-electron chi connectivity index (χ4n) is 6.52. The lowest BCUT2D eigenvalue weighted by Gasteiger charge is -2.64. The van der Waals surface area contributed by atoms with Crippen LogP contribution in [0.2, 0.25) is 0 Å². The number of carbonyl (C=O) groups is 1. The first kappa shape index (κ1) is 21.3. The molecule has 3 N–H and O–H groups in total. The lowest BCUT2D eigenvalue weighted by atomic mass is 9.43. The maximum Gasteiger partial charge on any atom is 0.482 e. The van der Waals surface area contributed by atoms with Gasteiger partial charge >= 0.3 is 13.1 Å². The van der Waals surface area contributed by atoms with Crippen LogP contribution in [-0.4, -0.2) is 49.9 Å². The number of nitrogens with one attached hydrogen (secondary N) is 3. The normalized spacial score (nSPS) is 36.4. The molecule has 0 spiro atoms. The number of amides is 2. The smallest absolute Gasteiger partial charge is 0.404 e. The van der Waals surface area contributed by atoms with Gasteiger partial charge in [0.1, 0.15) is 0 Å². The van der Waals surface area contributed by atoms with Gasteiger partial charge in [-0.2, -0.15) is 0 Å². The average molecular weight is 431 g/mol. The highest BCUT2D eigenvalue weighted by molar-refractivity contribution is 6.48. The van der Waals surface area contributed by atoms with Crippen LogP contribution in [0.3, 0.4) is 0 Å². The van der Waals surface area contributed by atoms with Gasteiger partial charge in [0.25, 0.3) is 0 Å². The van der Waals surface area contributed by atoms with E-state index >= 15 is 0 Å². The Labute approximate surface area is 190 Å². The number of hydrogen-bond acceptors (Lipinski definition) is 4. The van der Waals surface area contributed by atoms with Crippen LogP contribution in [0.25, 0.3) is 0 Å². The summed E-state index contributed by atoms with van der Waals surface area (Å²) in [6.45, 7) is 8.65. The second kappa shape index (κ2) is 8.09. The summed E-state index contributed by atoms with van der Waals surface area (Å²) in [6.07, 6.45) is 5.35. The van der Waals surface area contributed by atoms with Crippen LogP contribution in [0.15, 0.2) is 30.3 Å². The molecule has 31 heavy (non-hydrogen) atoms. The molecule has 6 rings (SSSR count). The van der Waals surface area contributed by atoms with E-state index in [4.69, 9.17) is 9.31 Å². The Bertz CT molecular complexity index is 815. The van der Waals surface area contributed by atoms with Gasteiger partial charge in [-0.25, -0.2) is 4.79 Å². The van der Waals surface area contributed by atoms with E-state index in [-0.39, 0.29) is 28.0 Å².